The van der Waals surface area contributed by atoms with Gasteiger partial charge in [0, 0.05) is 57.4 Å². The van der Waals surface area contributed by atoms with E-state index in [1.807, 2.05) is 18.7 Å². The number of hydrogen-bond donors (Lipinski definition) is 0. The van der Waals surface area contributed by atoms with Gasteiger partial charge in [0.2, 0.25) is 0 Å². The number of aromatic nitrogens is 2. The highest BCUT2D eigenvalue weighted by atomic mass is 16.5. The number of carbonyl (C=O) groups is 1. The Bertz CT molecular complexity index is 1380. The van der Waals surface area contributed by atoms with Crippen LogP contribution in [0.3, 0.4) is 0 Å². The Morgan fingerprint density at radius 2 is 1.53 bits per heavy atom. The zero-order valence-electron chi connectivity index (χ0n) is 27.6. The molecule has 45 heavy (non-hydrogen) atoms. The van der Waals surface area contributed by atoms with Crippen molar-refractivity contribution >= 4 is 5.91 Å². The second-order valence-corrected chi connectivity index (χ2v) is 13.3. The van der Waals surface area contributed by atoms with Gasteiger partial charge in [-0.25, -0.2) is 9.97 Å². The molecule has 6 rings (SSSR count). The van der Waals surface area contributed by atoms with Crippen LogP contribution in [0, 0.1) is 19.8 Å². The minimum absolute atomic E-state index is 0.0861. The summed E-state index contributed by atoms with van der Waals surface area (Å²) in [6.45, 7) is 14.4. The van der Waals surface area contributed by atoms with Crippen molar-refractivity contribution in [1.82, 2.24) is 29.6 Å². The SMILES string of the molecule is COc1ccc(CN2CCC([C@H](c3ccccc3)N3CCN(C4CCN(C(=O)c5c(C)ncnc5C)CC4)C[C@@H]3C)CC2)cc1. The minimum Gasteiger partial charge on any atom is -0.497 e. The third-order valence-electron chi connectivity index (χ3n) is 10.6. The summed E-state index contributed by atoms with van der Waals surface area (Å²) in [7, 11) is 1.72. The molecule has 2 atom stereocenters. The van der Waals surface area contributed by atoms with E-state index < -0.39 is 0 Å². The topological polar surface area (TPSA) is 65.0 Å². The van der Waals surface area contributed by atoms with Crippen LogP contribution in [0.5, 0.6) is 5.75 Å². The molecule has 0 radical (unpaired) electrons. The molecule has 1 amide bonds. The van der Waals surface area contributed by atoms with Gasteiger partial charge in [0.25, 0.3) is 5.91 Å². The van der Waals surface area contributed by atoms with Crippen LogP contribution in [0.2, 0.25) is 0 Å². The molecule has 8 nitrogen and oxygen atoms in total. The number of piperazine rings is 1. The smallest absolute Gasteiger partial charge is 0.257 e. The Morgan fingerprint density at radius 3 is 2.16 bits per heavy atom. The van der Waals surface area contributed by atoms with Crippen LogP contribution in [0.4, 0.5) is 0 Å². The van der Waals surface area contributed by atoms with Gasteiger partial charge in [-0.1, -0.05) is 42.5 Å². The van der Waals surface area contributed by atoms with E-state index >= 15 is 0 Å². The van der Waals surface area contributed by atoms with Crippen molar-refractivity contribution in [2.75, 3.05) is 52.9 Å². The maximum atomic E-state index is 13.3. The third-order valence-corrected chi connectivity index (χ3v) is 10.6. The number of benzene rings is 2. The summed E-state index contributed by atoms with van der Waals surface area (Å²) >= 11 is 0. The van der Waals surface area contributed by atoms with Gasteiger partial charge in [-0.2, -0.15) is 0 Å². The Kier molecular flexibility index (Phi) is 10.1. The van der Waals surface area contributed by atoms with Gasteiger partial charge in [-0.15, -0.1) is 0 Å². The largest absolute Gasteiger partial charge is 0.497 e. The lowest BCUT2D eigenvalue weighted by Crippen LogP contribution is -2.58. The highest BCUT2D eigenvalue weighted by Crippen LogP contribution is 2.38. The number of ether oxygens (including phenoxy) is 1. The van der Waals surface area contributed by atoms with Gasteiger partial charge in [-0.05, 0) is 88.7 Å². The normalized spacial score (nSPS) is 22.0. The third kappa shape index (κ3) is 7.24. The number of nitrogens with zero attached hydrogens (tertiary/aromatic N) is 6. The highest BCUT2D eigenvalue weighted by Gasteiger charge is 2.38. The summed E-state index contributed by atoms with van der Waals surface area (Å²) in [6, 6.07) is 21.2. The summed E-state index contributed by atoms with van der Waals surface area (Å²) in [6.07, 6.45) is 6.04. The molecule has 2 aromatic carbocycles. The fourth-order valence-corrected chi connectivity index (χ4v) is 8.04. The second-order valence-electron chi connectivity index (χ2n) is 13.3. The Hall–Kier alpha value is -3.33. The lowest BCUT2D eigenvalue weighted by atomic mass is 9.83. The van der Waals surface area contributed by atoms with Crippen molar-refractivity contribution in [2.45, 2.75) is 71.1 Å². The van der Waals surface area contributed by atoms with Crippen molar-refractivity contribution in [3.8, 4) is 5.75 Å². The van der Waals surface area contributed by atoms with Crippen LogP contribution >= 0.6 is 0 Å². The van der Waals surface area contributed by atoms with Gasteiger partial charge >= 0.3 is 0 Å². The van der Waals surface area contributed by atoms with Crippen LogP contribution in [0.15, 0.2) is 60.9 Å². The molecule has 3 aromatic rings. The first-order chi connectivity index (χ1) is 21.9. The predicted molar refractivity (Wildman–Crippen MR) is 178 cm³/mol. The number of amides is 1. The van der Waals surface area contributed by atoms with Crippen molar-refractivity contribution in [2.24, 2.45) is 5.92 Å². The van der Waals surface area contributed by atoms with Gasteiger partial charge in [0.05, 0.1) is 24.1 Å². The number of piperidine rings is 2. The summed E-state index contributed by atoms with van der Waals surface area (Å²) in [5.74, 6) is 1.65. The predicted octanol–water partition coefficient (Wildman–Crippen LogP) is 5.37. The van der Waals surface area contributed by atoms with Crippen LogP contribution < -0.4 is 4.74 Å². The van der Waals surface area contributed by atoms with Gasteiger partial charge in [0.1, 0.15) is 12.1 Å². The molecule has 1 aromatic heterocycles. The molecule has 8 heteroatoms. The van der Waals surface area contributed by atoms with Gasteiger partial charge < -0.3 is 9.64 Å². The molecular formula is C37H50N6O2. The zero-order chi connectivity index (χ0) is 31.3. The van der Waals surface area contributed by atoms with Gasteiger partial charge in [-0.3, -0.25) is 19.5 Å². The molecule has 3 fully saturated rings. The summed E-state index contributed by atoms with van der Waals surface area (Å²) in [5, 5.41) is 0. The molecule has 0 N–H and O–H groups in total. The maximum Gasteiger partial charge on any atom is 0.257 e. The first kappa shape index (κ1) is 31.6. The summed E-state index contributed by atoms with van der Waals surface area (Å²) in [4.78, 5) is 32.0. The number of methoxy groups -OCH3 is 1. The number of rotatable bonds is 8. The number of aryl methyl sites for hydroxylation is 2. The molecule has 4 heterocycles. The minimum atomic E-state index is 0.0861. The van der Waals surface area contributed by atoms with E-state index in [0.717, 1.165) is 82.3 Å². The molecule has 0 unspecified atom stereocenters. The molecule has 0 aliphatic carbocycles. The molecule has 3 aliphatic rings. The fraction of sp³-hybridized carbons (Fsp3) is 0.541. The van der Waals surface area contributed by atoms with Crippen molar-refractivity contribution < 1.29 is 9.53 Å². The van der Waals surface area contributed by atoms with Crippen molar-refractivity contribution in [1.29, 1.82) is 0 Å². The highest BCUT2D eigenvalue weighted by molar-refractivity contribution is 5.96. The molecule has 240 valence electrons. The number of hydrogen-bond acceptors (Lipinski definition) is 7. The Balaban J connectivity index is 1.06. The van der Waals surface area contributed by atoms with E-state index in [2.05, 4.69) is 86.2 Å². The lowest BCUT2D eigenvalue weighted by molar-refractivity contribution is -0.0135. The second kappa shape index (κ2) is 14.4. The summed E-state index contributed by atoms with van der Waals surface area (Å²) < 4.78 is 5.34. The standard InChI is InChI=1S/C37H50N6O2/c1-27-24-42(33-16-20-41(21-17-33)37(44)35-28(2)38-26-39-29(35)3)22-23-43(27)36(31-8-6-5-7-9-31)32-14-18-40(19-15-32)25-30-10-12-34(45-4)13-11-30/h5-13,26-27,32-33,36H,14-25H2,1-4H3/t27-,36-/m0/s1. The van der Waals surface area contributed by atoms with Crippen LogP contribution in [-0.4, -0.2) is 100 Å². The molecule has 3 saturated heterocycles. The van der Waals surface area contributed by atoms with Crippen molar-refractivity contribution in [3.63, 3.8) is 0 Å². The molecule has 0 saturated carbocycles. The molecular weight excluding hydrogens is 560 g/mol. The van der Waals surface area contributed by atoms with E-state index in [9.17, 15) is 4.79 Å². The molecule has 3 aliphatic heterocycles. The molecule has 0 spiro atoms. The first-order valence-electron chi connectivity index (χ1n) is 16.9. The van der Waals surface area contributed by atoms with E-state index in [1.54, 1.807) is 13.4 Å². The number of carbonyl (C=O) groups excluding carboxylic acids is 1. The first-order valence-corrected chi connectivity index (χ1v) is 16.9. The van der Waals surface area contributed by atoms with Gasteiger partial charge in [0.15, 0.2) is 0 Å². The fourth-order valence-electron chi connectivity index (χ4n) is 8.04. The Labute approximate surface area is 269 Å². The van der Waals surface area contributed by atoms with E-state index in [-0.39, 0.29) is 5.91 Å². The number of likely N-dealkylation sites (tertiary alicyclic amines) is 2. The van der Waals surface area contributed by atoms with E-state index in [1.165, 1.54) is 24.0 Å². The lowest BCUT2D eigenvalue weighted by Gasteiger charge is -2.50. The average molecular weight is 611 g/mol. The van der Waals surface area contributed by atoms with E-state index in [4.69, 9.17) is 4.74 Å². The maximum absolute atomic E-state index is 13.3. The monoisotopic (exact) mass is 610 g/mol. The molecule has 0 bridgehead atoms. The van der Waals surface area contributed by atoms with Crippen LogP contribution in [0.1, 0.15) is 71.5 Å². The van der Waals surface area contributed by atoms with Crippen molar-refractivity contribution in [3.05, 3.63) is 89.0 Å². The summed E-state index contributed by atoms with van der Waals surface area (Å²) in [5.41, 5.74) is 5.05. The van der Waals surface area contributed by atoms with Crippen LogP contribution in [-0.2, 0) is 6.54 Å². The average Bonchev–Trinajstić information content (AvgIpc) is 3.07. The Morgan fingerprint density at radius 1 is 0.867 bits per heavy atom. The van der Waals surface area contributed by atoms with Crippen LogP contribution in [0.25, 0.3) is 0 Å². The quantitative estimate of drug-likeness (QED) is 0.340. The zero-order valence-corrected chi connectivity index (χ0v) is 27.6. The van der Waals surface area contributed by atoms with E-state index in [0.29, 0.717) is 29.6 Å².